The van der Waals surface area contributed by atoms with Crippen LogP contribution in [0.5, 0.6) is 5.75 Å². The molecule has 184 valence electrons. The predicted molar refractivity (Wildman–Crippen MR) is 133 cm³/mol. The van der Waals surface area contributed by atoms with Gasteiger partial charge in [0, 0.05) is 65.9 Å². The number of nitrogens with one attached hydrogen (secondary N) is 4. The smallest absolute Gasteiger partial charge is 0.166 e. The Balaban J connectivity index is 1.98. The van der Waals surface area contributed by atoms with Crippen LogP contribution in [-0.4, -0.2) is 35.7 Å². The molecule has 1 aromatic heterocycles. The monoisotopic (exact) mass is 481 g/mol. The summed E-state index contributed by atoms with van der Waals surface area (Å²) in [6.45, 7) is 4.00. The fourth-order valence-electron chi connectivity index (χ4n) is 4.11. The van der Waals surface area contributed by atoms with Crippen LogP contribution in [0.3, 0.4) is 0 Å². The molecule has 0 radical (unpaired) electrons. The van der Waals surface area contributed by atoms with Gasteiger partial charge >= 0.3 is 0 Å². The van der Waals surface area contributed by atoms with Gasteiger partial charge in [-0.15, -0.1) is 0 Å². The van der Waals surface area contributed by atoms with Crippen molar-refractivity contribution >= 4 is 28.6 Å². The van der Waals surface area contributed by atoms with E-state index in [-0.39, 0.29) is 46.3 Å². The summed E-state index contributed by atoms with van der Waals surface area (Å²) in [6, 6.07) is 3.60. The lowest BCUT2D eigenvalue weighted by Gasteiger charge is -2.24. The molecule has 35 heavy (non-hydrogen) atoms. The van der Waals surface area contributed by atoms with Gasteiger partial charge in [0.05, 0.1) is 11.4 Å². The minimum Gasteiger partial charge on any atom is -0.482 e. The topological polar surface area (TPSA) is 132 Å². The molecule has 1 saturated carbocycles. The summed E-state index contributed by atoms with van der Waals surface area (Å²) >= 11 is 0. The van der Waals surface area contributed by atoms with Crippen LogP contribution < -0.4 is 21.2 Å². The minimum absolute atomic E-state index is 0.0627. The number of nitrogen functional groups attached to an aromatic ring is 1. The van der Waals surface area contributed by atoms with Gasteiger partial charge in [-0.1, -0.05) is 0 Å². The average Bonchev–Trinajstić information content (AvgIpc) is 3.62. The van der Waals surface area contributed by atoms with Crippen molar-refractivity contribution in [1.29, 1.82) is 10.8 Å². The highest BCUT2D eigenvalue weighted by molar-refractivity contribution is 6.48. The molecule has 0 spiro atoms. The average molecular weight is 482 g/mol. The summed E-state index contributed by atoms with van der Waals surface area (Å²) in [5, 5.41) is 25.1. The van der Waals surface area contributed by atoms with Gasteiger partial charge in [-0.05, 0) is 44.7 Å². The Bertz CT molecular complexity index is 1250. The quantitative estimate of drug-likeness (QED) is 0.323. The third-order valence-electron chi connectivity index (χ3n) is 6.15. The molecule has 0 saturated heterocycles. The highest BCUT2D eigenvalue weighted by atomic mass is 19.1. The van der Waals surface area contributed by atoms with Crippen LogP contribution >= 0.6 is 0 Å². The van der Waals surface area contributed by atoms with Gasteiger partial charge in [0.15, 0.2) is 11.6 Å². The summed E-state index contributed by atoms with van der Waals surface area (Å²) in [5.74, 6) is -0.766. The first-order chi connectivity index (χ1) is 16.7. The SMILES string of the molecule is CN/N=C1/C/C(C(C)=N)=C(/NCC2CC2)c2cnc(N)c(c2)O[C@H](C)c2cc(F)cc(F)c2C1=N. The Morgan fingerprint density at radius 2 is 2.03 bits per heavy atom. The number of allylic oxidation sites excluding steroid dienone is 1. The molecule has 2 heterocycles. The van der Waals surface area contributed by atoms with Crippen LogP contribution in [-0.2, 0) is 0 Å². The third kappa shape index (κ3) is 5.16. The van der Waals surface area contributed by atoms with Crippen molar-refractivity contribution in [3.63, 3.8) is 0 Å². The van der Waals surface area contributed by atoms with Crippen molar-refractivity contribution in [1.82, 2.24) is 15.7 Å². The van der Waals surface area contributed by atoms with E-state index < -0.39 is 17.7 Å². The van der Waals surface area contributed by atoms with Crippen LogP contribution in [0.2, 0.25) is 0 Å². The van der Waals surface area contributed by atoms with E-state index in [4.69, 9.17) is 21.3 Å². The first kappa shape index (κ1) is 24.3. The van der Waals surface area contributed by atoms with Gasteiger partial charge in [0.2, 0.25) is 0 Å². The first-order valence-electron chi connectivity index (χ1n) is 11.5. The molecule has 4 rings (SSSR count). The van der Waals surface area contributed by atoms with Crippen LogP contribution in [0.4, 0.5) is 14.6 Å². The summed E-state index contributed by atoms with van der Waals surface area (Å²) in [6.07, 6.45) is 3.09. The Morgan fingerprint density at radius 3 is 2.69 bits per heavy atom. The molecule has 0 unspecified atom stereocenters. The molecule has 8 nitrogen and oxygen atoms in total. The van der Waals surface area contributed by atoms with Crippen LogP contribution in [0.15, 0.2) is 35.1 Å². The van der Waals surface area contributed by atoms with Crippen LogP contribution in [0.1, 0.15) is 55.9 Å². The zero-order valence-electron chi connectivity index (χ0n) is 19.9. The number of anilines is 1. The zero-order valence-corrected chi connectivity index (χ0v) is 19.9. The summed E-state index contributed by atoms with van der Waals surface area (Å²) < 4.78 is 35.4. The molecule has 2 bridgehead atoms. The number of aromatic nitrogens is 1. The number of hydrogen-bond donors (Lipinski definition) is 5. The number of hydrogen-bond acceptors (Lipinski definition) is 8. The molecule has 1 aliphatic carbocycles. The van der Waals surface area contributed by atoms with E-state index in [1.54, 1.807) is 33.2 Å². The number of fused-ring (bicyclic) bond motifs is 3. The maximum atomic E-state index is 15.1. The van der Waals surface area contributed by atoms with Gasteiger partial charge in [0.1, 0.15) is 17.7 Å². The Hall–Kier alpha value is -3.82. The second kappa shape index (κ2) is 9.81. The normalized spacial score (nSPS) is 21.5. The molecule has 1 aromatic carbocycles. The van der Waals surface area contributed by atoms with Crippen LogP contribution in [0, 0.1) is 28.4 Å². The highest BCUT2D eigenvalue weighted by Gasteiger charge is 2.28. The third-order valence-corrected chi connectivity index (χ3v) is 6.15. The number of pyridine rings is 1. The lowest BCUT2D eigenvalue weighted by molar-refractivity contribution is 0.226. The number of halogens is 2. The number of rotatable bonds is 5. The molecular formula is C25H29F2N7O. The molecule has 6 N–H and O–H groups in total. The first-order valence-corrected chi connectivity index (χ1v) is 11.5. The van der Waals surface area contributed by atoms with Gasteiger partial charge < -0.3 is 26.6 Å². The van der Waals surface area contributed by atoms with Crippen molar-refractivity contribution in [3.05, 3.63) is 58.3 Å². The van der Waals surface area contributed by atoms with Crippen molar-refractivity contribution in [2.45, 2.75) is 39.2 Å². The second-order valence-electron chi connectivity index (χ2n) is 8.86. The van der Waals surface area contributed by atoms with Crippen LogP contribution in [0.25, 0.3) is 5.70 Å². The fraction of sp³-hybridized carbons (Fsp3) is 0.360. The van der Waals surface area contributed by atoms with Gasteiger partial charge in [-0.25, -0.2) is 13.8 Å². The Kier molecular flexibility index (Phi) is 6.81. The van der Waals surface area contributed by atoms with Crippen molar-refractivity contribution in [2.75, 3.05) is 19.3 Å². The van der Waals surface area contributed by atoms with E-state index in [0.29, 0.717) is 22.8 Å². The van der Waals surface area contributed by atoms with Gasteiger partial charge in [-0.3, -0.25) is 5.41 Å². The molecule has 10 heteroatoms. The maximum absolute atomic E-state index is 15.1. The highest BCUT2D eigenvalue weighted by Crippen LogP contribution is 2.34. The Morgan fingerprint density at radius 1 is 1.29 bits per heavy atom. The standard InChI is InChI=1S/C25H29F2N7O/c1-12(28)17-9-20(34-31-3)23(29)22-18(7-16(26)8-19(22)27)13(2)35-21-6-15(11-33-25(21)30)24(17)32-10-14-4-5-14/h6-8,11,13-14,28-29,31-32H,4-5,9-10H2,1-3H3,(H2,30,33)/b24-17-,28-12?,29-23?,34-20-/t13-/m1/s1. The fourth-order valence-corrected chi connectivity index (χ4v) is 4.11. The van der Waals surface area contributed by atoms with E-state index in [1.807, 2.05) is 0 Å². The minimum atomic E-state index is -0.898. The molecule has 2 aromatic rings. The van der Waals surface area contributed by atoms with E-state index in [9.17, 15) is 4.39 Å². The van der Waals surface area contributed by atoms with Gasteiger partial charge in [-0.2, -0.15) is 5.10 Å². The summed E-state index contributed by atoms with van der Waals surface area (Å²) in [5.41, 5.74) is 10.9. The van der Waals surface area contributed by atoms with E-state index in [0.717, 1.165) is 31.5 Å². The Labute approximate surface area is 202 Å². The maximum Gasteiger partial charge on any atom is 0.166 e. The molecule has 1 fully saturated rings. The second-order valence-corrected chi connectivity index (χ2v) is 8.86. The number of nitrogens with two attached hydrogens (primary N) is 1. The van der Waals surface area contributed by atoms with E-state index in [1.165, 1.54) is 0 Å². The predicted octanol–water partition coefficient (Wildman–Crippen LogP) is 4.18. The van der Waals surface area contributed by atoms with Gasteiger partial charge in [0.25, 0.3) is 0 Å². The molecular weight excluding hydrogens is 452 g/mol. The number of ether oxygens (including phenoxy) is 1. The lowest BCUT2D eigenvalue weighted by atomic mass is 9.90. The van der Waals surface area contributed by atoms with Crippen molar-refractivity contribution < 1.29 is 13.5 Å². The van der Waals surface area contributed by atoms with Crippen molar-refractivity contribution in [2.24, 2.45) is 11.0 Å². The molecule has 1 atom stereocenters. The summed E-state index contributed by atoms with van der Waals surface area (Å²) in [4.78, 5) is 4.29. The lowest BCUT2D eigenvalue weighted by Crippen LogP contribution is -2.26. The number of nitrogens with zero attached hydrogens (tertiary/aromatic N) is 2. The molecule has 2 aliphatic rings. The van der Waals surface area contributed by atoms with E-state index in [2.05, 4.69) is 20.8 Å². The number of benzene rings is 1. The van der Waals surface area contributed by atoms with E-state index >= 15 is 4.39 Å². The number of hydrazone groups is 1. The summed E-state index contributed by atoms with van der Waals surface area (Å²) in [7, 11) is 1.58. The van der Waals surface area contributed by atoms with Crippen molar-refractivity contribution in [3.8, 4) is 5.75 Å². The molecule has 0 amide bonds. The zero-order chi connectivity index (χ0) is 25.3. The molecule has 1 aliphatic heterocycles. The largest absolute Gasteiger partial charge is 0.482 e.